The van der Waals surface area contributed by atoms with E-state index in [0.717, 1.165) is 17.7 Å². The minimum atomic E-state index is -0.0826. The fraction of sp³-hybridized carbons (Fsp3) is 0.500. The molecule has 1 aliphatic heterocycles. The van der Waals surface area contributed by atoms with Crippen LogP contribution in [0, 0.1) is 0 Å². The molecule has 1 aromatic carbocycles. The summed E-state index contributed by atoms with van der Waals surface area (Å²) in [7, 11) is 1.59. The molecule has 1 aliphatic rings. The van der Waals surface area contributed by atoms with Gasteiger partial charge in [-0.1, -0.05) is 0 Å². The van der Waals surface area contributed by atoms with E-state index in [1.807, 2.05) is 12.1 Å². The second-order valence-corrected chi connectivity index (χ2v) is 4.43. The third-order valence-corrected chi connectivity index (χ3v) is 3.16. The molecule has 5 heteroatoms. The molecule has 0 bridgehead atoms. The van der Waals surface area contributed by atoms with Gasteiger partial charge in [-0.05, 0) is 23.8 Å². The highest BCUT2D eigenvalue weighted by molar-refractivity contribution is 5.94. The van der Waals surface area contributed by atoms with Gasteiger partial charge in [0.25, 0.3) is 5.91 Å². The van der Waals surface area contributed by atoms with Crippen LogP contribution in [0.4, 0.5) is 0 Å². The number of benzene rings is 1. The van der Waals surface area contributed by atoms with Crippen molar-refractivity contribution in [2.24, 2.45) is 0 Å². The van der Waals surface area contributed by atoms with Gasteiger partial charge < -0.3 is 19.5 Å². The number of hydrogen-bond donors (Lipinski definition) is 1. The molecule has 2 rings (SSSR count). The van der Waals surface area contributed by atoms with Crippen molar-refractivity contribution in [1.82, 2.24) is 4.90 Å². The van der Waals surface area contributed by atoms with Gasteiger partial charge in [0, 0.05) is 32.2 Å². The van der Waals surface area contributed by atoms with E-state index in [-0.39, 0.29) is 12.5 Å². The topological polar surface area (TPSA) is 59.0 Å². The zero-order valence-corrected chi connectivity index (χ0v) is 11.1. The Morgan fingerprint density at radius 3 is 3.05 bits per heavy atom. The van der Waals surface area contributed by atoms with Crippen LogP contribution < -0.4 is 4.74 Å². The number of rotatable bonds is 6. The highest BCUT2D eigenvalue weighted by Gasteiger charge is 2.18. The van der Waals surface area contributed by atoms with Crippen LogP contribution in [0.1, 0.15) is 15.9 Å². The second-order valence-electron chi connectivity index (χ2n) is 4.43. The van der Waals surface area contributed by atoms with E-state index in [1.165, 1.54) is 0 Å². The Kier molecular flexibility index (Phi) is 4.76. The van der Waals surface area contributed by atoms with Crippen molar-refractivity contribution in [2.45, 2.75) is 6.42 Å². The lowest BCUT2D eigenvalue weighted by atomic mass is 10.1. The van der Waals surface area contributed by atoms with Crippen LogP contribution in [-0.2, 0) is 11.2 Å². The average molecular weight is 265 g/mol. The van der Waals surface area contributed by atoms with E-state index >= 15 is 0 Å². The Balaban J connectivity index is 2.11. The van der Waals surface area contributed by atoms with Gasteiger partial charge >= 0.3 is 0 Å². The fourth-order valence-corrected chi connectivity index (χ4v) is 2.14. The lowest BCUT2D eigenvalue weighted by Gasteiger charge is -2.21. The highest BCUT2D eigenvalue weighted by Crippen LogP contribution is 2.26. The molecule has 19 heavy (non-hydrogen) atoms. The molecule has 5 nitrogen and oxygen atoms in total. The maximum Gasteiger partial charge on any atom is 0.254 e. The molecular weight excluding hydrogens is 246 g/mol. The summed E-state index contributed by atoms with van der Waals surface area (Å²) < 4.78 is 10.4. The third-order valence-electron chi connectivity index (χ3n) is 3.16. The van der Waals surface area contributed by atoms with Gasteiger partial charge in [-0.25, -0.2) is 0 Å². The fourth-order valence-electron chi connectivity index (χ4n) is 2.14. The number of aliphatic hydroxyl groups excluding tert-OH is 1. The van der Waals surface area contributed by atoms with Crippen LogP contribution in [0.3, 0.4) is 0 Å². The molecule has 1 N–H and O–H groups in total. The molecule has 1 aromatic rings. The van der Waals surface area contributed by atoms with E-state index in [4.69, 9.17) is 14.6 Å². The lowest BCUT2D eigenvalue weighted by molar-refractivity contribution is 0.0656. The maximum atomic E-state index is 12.4. The highest BCUT2D eigenvalue weighted by atomic mass is 16.5. The number of amides is 1. The Morgan fingerprint density at radius 2 is 2.32 bits per heavy atom. The van der Waals surface area contributed by atoms with E-state index in [0.29, 0.717) is 31.9 Å². The number of carbonyl (C=O) groups is 1. The predicted octanol–water partition coefficient (Wildman–Crippen LogP) is 0.702. The second kappa shape index (κ2) is 6.54. The molecule has 0 aromatic heterocycles. The number of nitrogens with zero attached hydrogens (tertiary/aromatic N) is 1. The molecule has 0 saturated carbocycles. The molecule has 0 radical (unpaired) electrons. The van der Waals surface area contributed by atoms with Crippen LogP contribution in [0.15, 0.2) is 18.2 Å². The smallest absolute Gasteiger partial charge is 0.254 e. The van der Waals surface area contributed by atoms with Gasteiger partial charge in [0.15, 0.2) is 0 Å². The lowest BCUT2D eigenvalue weighted by Crippen LogP contribution is -2.36. The molecule has 0 aliphatic carbocycles. The number of fused-ring (bicyclic) bond motifs is 1. The number of methoxy groups -OCH3 is 1. The van der Waals surface area contributed by atoms with E-state index in [1.54, 1.807) is 18.1 Å². The van der Waals surface area contributed by atoms with Crippen molar-refractivity contribution in [3.05, 3.63) is 29.3 Å². The predicted molar refractivity (Wildman–Crippen MR) is 70.5 cm³/mol. The molecule has 0 atom stereocenters. The van der Waals surface area contributed by atoms with Crippen molar-refractivity contribution >= 4 is 5.91 Å². The largest absolute Gasteiger partial charge is 0.493 e. The van der Waals surface area contributed by atoms with Gasteiger partial charge in [-0.3, -0.25) is 4.79 Å². The number of carbonyl (C=O) groups excluding carboxylic acids is 1. The summed E-state index contributed by atoms with van der Waals surface area (Å²) in [5, 5.41) is 9.03. The van der Waals surface area contributed by atoms with E-state index < -0.39 is 0 Å². The molecule has 0 spiro atoms. The van der Waals surface area contributed by atoms with Gasteiger partial charge in [0.2, 0.25) is 0 Å². The summed E-state index contributed by atoms with van der Waals surface area (Å²) in [5.41, 5.74) is 1.70. The minimum Gasteiger partial charge on any atom is -0.493 e. The quantitative estimate of drug-likeness (QED) is 0.822. The number of hydrogen-bond acceptors (Lipinski definition) is 4. The molecule has 1 amide bonds. The van der Waals surface area contributed by atoms with Crippen molar-refractivity contribution in [3.63, 3.8) is 0 Å². The number of aliphatic hydroxyl groups is 1. The monoisotopic (exact) mass is 265 g/mol. The summed E-state index contributed by atoms with van der Waals surface area (Å²) in [6.45, 7) is 1.87. The zero-order chi connectivity index (χ0) is 13.7. The van der Waals surface area contributed by atoms with Crippen LogP contribution in [-0.4, -0.2) is 55.9 Å². The average Bonchev–Trinajstić information content (AvgIpc) is 2.90. The molecule has 0 fully saturated rings. The Labute approximate surface area is 112 Å². The van der Waals surface area contributed by atoms with E-state index in [9.17, 15) is 4.79 Å². The number of ether oxygens (including phenoxy) is 2. The first-order valence-corrected chi connectivity index (χ1v) is 6.41. The van der Waals surface area contributed by atoms with Gasteiger partial charge in [-0.15, -0.1) is 0 Å². The van der Waals surface area contributed by atoms with Crippen molar-refractivity contribution in [3.8, 4) is 5.75 Å². The first-order chi connectivity index (χ1) is 9.26. The summed E-state index contributed by atoms with van der Waals surface area (Å²) in [5.74, 6) is 0.781. The first kappa shape index (κ1) is 13.8. The maximum absolute atomic E-state index is 12.4. The van der Waals surface area contributed by atoms with Gasteiger partial charge in [0.1, 0.15) is 5.75 Å². The van der Waals surface area contributed by atoms with Crippen molar-refractivity contribution in [2.75, 3.05) is 40.0 Å². The Hall–Kier alpha value is -1.59. The standard InChI is InChI=1S/C14H19NO4/c1-18-9-6-15(5-7-16)14(17)12-2-3-13-11(10-12)4-8-19-13/h2-3,10,16H,4-9H2,1H3. The van der Waals surface area contributed by atoms with Gasteiger partial charge in [-0.2, -0.15) is 0 Å². The SMILES string of the molecule is COCCN(CCO)C(=O)c1ccc2c(c1)CCO2. The molecule has 104 valence electrons. The Bertz CT molecular complexity index is 447. The van der Waals surface area contributed by atoms with Crippen molar-refractivity contribution < 1.29 is 19.4 Å². The summed E-state index contributed by atoms with van der Waals surface area (Å²) in [6.07, 6.45) is 0.842. The molecule has 0 saturated heterocycles. The first-order valence-electron chi connectivity index (χ1n) is 6.41. The summed E-state index contributed by atoms with van der Waals surface area (Å²) >= 11 is 0. The van der Waals surface area contributed by atoms with Crippen LogP contribution in [0.2, 0.25) is 0 Å². The summed E-state index contributed by atoms with van der Waals surface area (Å²) in [6, 6.07) is 5.48. The van der Waals surface area contributed by atoms with Crippen molar-refractivity contribution in [1.29, 1.82) is 0 Å². The zero-order valence-electron chi connectivity index (χ0n) is 11.1. The Morgan fingerprint density at radius 1 is 1.47 bits per heavy atom. The summed E-state index contributed by atoms with van der Waals surface area (Å²) in [4.78, 5) is 14.0. The van der Waals surface area contributed by atoms with Crippen LogP contribution >= 0.6 is 0 Å². The molecule has 0 unspecified atom stereocenters. The van der Waals surface area contributed by atoms with Crippen LogP contribution in [0.25, 0.3) is 0 Å². The van der Waals surface area contributed by atoms with Crippen LogP contribution in [0.5, 0.6) is 5.75 Å². The minimum absolute atomic E-state index is 0.0521. The third kappa shape index (κ3) is 3.24. The normalized spacial score (nSPS) is 12.9. The van der Waals surface area contributed by atoms with Gasteiger partial charge in [0.05, 0.1) is 19.8 Å². The molecule has 1 heterocycles. The van der Waals surface area contributed by atoms with E-state index in [2.05, 4.69) is 0 Å². The molecular formula is C14H19NO4.